The zero-order valence-corrected chi connectivity index (χ0v) is 16.6. The Morgan fingerprint density at radius 3 is 2.93 bits per heavy atom. The van der Waals surface area contributed by atoms with Gasteiger partial charge in [-0.25, -0.2) is 4.79 Å². The van der Waals surface area contributed by atoms with E-state index in [9.17, 15) is 9.59 Å². The Labute approximate surface area is 163 Å². The second-order valence-electron chi connectivity index (χ2n) is 5.50. The molecule has 27 heavy (non-hydrogen) atoms. The second kappa shape index (κ2) is 8.40. The molecule has 0 aliphatic heterocycles. The Morgan fingerprint density at radius 1 is 1.41 bits per heavy atom. The van der Waals surface area contributed by atoms with Crippen molar-refractivity contribution in [2.24, 2.45) is 7.05 Å². The average Bonchev–Trinajstić information content (AvgIpc) is 3.34. The maximum atomic E-state index is 12.3. The highest BCUT2D eigenvalue weighted by atomic mass is 32.2. The molecular weight excluding hydrogens is 388 g/mol. The first-order valence-corrected chi connectivity index (χ1v) is 9.93. The molecule has 0 aliphatic rings. The molecule has 1 amide bonds. The second-order valence-corrected chi connectivity index (χ2v) is 7.70. The molecule has 142 valence electrons. The smallest absolute Gasteiger partial charge is 0.341 e. The van der Waals surface area contributed by atoms with Gasteiger partial charge in [0.25, 0.3) is 0 Å². The Balaban J connectivity index is 1.64. The zero-order chi connectivity index (χ0) is 19.4. The Bertz CT molecular complexity index is 946. The van der Waals surface area contributed by atoms with Gasteiger partial charge >= 0.3 is 5.97 Å². The van der Waals surface area contributed by atoms with Gasteiger partial charge in [0, 0.05) is 11.9 Å². The number of carbonyl (C=O) groups is 2. The third-order valence-electron chi connectivity index (χ3n) is 3.51. The third-order valence-corrected chi connectivity index (χ3v) is 5.50. The van der Waals surface area contributed by atoms with E-state index in [-0.39, 0.29) is 18.3 Å². The van der Waals surface area contributed by atoms with Crippen LogP contribution in [-0.4, -0.2) is 39.0 Å². The number of ether oxygens (including phenoxy) is 1. The molecule has 8 nitrogen and oxygen atoms in total. The molecule has 0 fully saturated rings. The lowest BCUT2D eigenvalue weighted by Gasteiger charge is -2.06. The summed E-state index contributed by atoms with van der Waals surface area (Å²) < 4.78 is 12.1. The number of furan rings is 1. The van der Waals surface area contributed by atoms with Crippen molar-refractivity contribution >= 4 is 40.0 Å². The van der Waals surface area contributed by atoms with Crippen LogP contribution in [0, 0.1) is 6.92 Å². The van der Waals surface area contributed by atoms with Crippen LogP contribution in [0.5, 0.6) is 0 Å². The summed E-state index contributed by atoms with van der Waals surface area (Å²) in [6.07, 6.45) is 1.56. The maximum Gasteiger partial charge on any atom is 0.341 e. The molecule has 3 aromatic rings. The number of rotatable bonds is 7. The lowest BCUT2D eigenvalue weighted by molar-refractivity contribution is -0.113. The van der Waals surface area contributed by atoms with Crippen LogP contribution in [0.25, 0.3) is 11.6 Å². The highest BCUT2D eigenvalue weighted by Gasteiger charge is 2.19. The number of nitrogens with zero attached hydrogens (tertiary/aromatic N) is 3. The van der Waals surface area contributed by atoms with Crippen molar-refractivity contribution in [1.29, 1.82) is 0 Å². The molecule has 0 aliphatic carbocycles. The number of nitrogens with one attached hydrogen (secondary N) is 1. The van der Waals surface area contributed by atoms with E-state index < -0.39 is 5.97 Å². The number of esters is 1. The molecule has 0 radical (unpaired) electrons. The number of aromatic nitrogens is 3. The van der Waals surface area contributed by atoms with Crippen molar-refractivity contribution in [3.05, 3.63) is 34.9 Å². The van der Waals surface area contributed by atoms with Crippen molar-refractivity contribution in [2.75, 3.05) is 17.7 Å². The lowest BCUT2D eigenvalue weighted by Crippen LogP contribution is -2.16. The molecule has 0 saturated carbocycles. The van der Waals surface area contributed by atoms with Gasteiger partial charge in [0.2, 0.25) is 5.91 Å². The molecular formula is C17H18N4O4S2. The van der Waals surface area contributed by atoms with Crippen LogP contribution >= 0.6 is 23.1 Å². The number of thioether (sulfide) groups is 1. The number of thiophene rings is 1. The summed E-state index contributed by atoms with van der Waals surface area (Å²) in [4.78, 5) is 25.2. The first-order chi connectivity index (χ1) is 13.0. The molecule has 0 aromatic carbocycles. The first-order valence-electron chi connectivity index (χ1n) is 8.13. The highest BCUT2D eigenvalue weighted by molar-refractivity contribution is 7.99. The summed E-state index contributed by atoms with van der Waals surface area (Å²) in [5, 5.41) is 12.0. The summed E-state index contributed by atoms with van der Waals surface area (Å²) in [5.74, 6) is 0.635. The van der Waals surface area contributed by atoms with Crippen molar-refractivity contribution in [3.63, 3.8) is 0 Å². The third kappa shape index (κ3) is 4.40. The molecule has 3 heterocycles. The molecule has 10 heteroatoms. The summed E-state index contributed by atoms with van der Waals surface area (Å²) in [6, 6.07) is 5.28. The van der Waals surface area contributed by atoms with Crippen LogP contribution in [-0.2, 0) is 16.6 Å². The summed E-state index contributed by atoms with van der Waals surface area (Å²) in [5.41, 5.74) is 0.372. The number of hydrogen-bond donors (Lipinski definition) is 1. The van der Waals surface area contributed by atoms with E-state index in [4.69, 9.17) is 9.15 Å². The van der Waals surface area contributed by atoms with E-state index in [1.54, 1.807) is 43.0 Å². The van der Waals surface area contributed by atoms with E-state index in [1.165, 1.54) is 23.1 Å². The predicted molar refractivity (Wildman–Crippen MR) is 103 cm³/mol. The van der Waals surface area contributed by atoms with Gasteiger partial charge in [-0.3, -0.25) is 4.79 Å². The topological polar surface area (TPSA) is 99.2 Å². The first kappa shape index (κ1) is 19.2. The van der Waals surface area contributed by atoms with Crippen LogP contribution in [0.1, 0.15) is 22.2 Å². The van der Waals surface area contributed by atoms with Gasteiger partial charge in [0.05, 0.1) is 24.2 Å². The number of carbonyl (C=O) groups excluding carboxylic acids is 2. The van der Waals surface area contributed by atoms with Gasteiger partial charge in [-0.1, -0.05) is 11.8 Å². The van der Waals surface area contributed by atoms with Gasteiger partial charge in [-0.05, 0) is 32.0 Å². The fourth-order valence-corrected chi connectivity index (χ4v) is 3.95. The monoisotopic (exact) mass is 406 g/mol. The maximum absolute atomic E-state index is 12.3. The predicted octanol–water partition coefficient (Wildman–Crippen LogP) is 3.35. The van der Waals surface area contributed by atoms with Crippen LogP contribution in [0.3, 0.4) is 0 Å². The van der Waals surface area contributed by atoms with Gasteiger partial charge in [0.15, 0.2) is 16.7 Å². The molecule has 0 spiro atoms. The minimum absolute atomic E-state index is 0.128. The van der Waals surface area contributed by atoms with E-state index in [1.807, 2.05) is 6.92 Å². The standard InChI is InChI=1S/C17H18N4O4S2/c1-4-24-16(23)11-8-10(2)27-15(11)18-13(22)9-26-17-20-19-14(21(17)3)12-6-5-7-25-12/h5-8H,4,9H2,1-3H3,(H,18,22). The van der Waals surface area contributed by atoms with Crippen LogP contribution in [0.4, 0.5) is 5.00 Å². The molecule has 3 rings (SSSR count). The van der Waals surface area contributed by atoms with Gasteiger partial charge in [0.1, 0.15) is 5.00 Å². The quantitative estimate of drug-likeness (QED) is 0.474. The number of amides is 1. The largest absolute Gasteiger partial charge is 0.462 e. The average molecular weight is 406 g/mol. The van der Waals surface area contributed by atoms with E-state index in [2.05, 4.69) is 15.5 Å². The molecule has 0 saturated heterocycles. The minimum atomic E-state index is -0.443. The summed E-state index contributed by atoms with van der Waals surface area (Å²) in [6.45, 7) is 3.89. The molecule has 0 unspecified atom stereocenters. The number of anilines is 1. The van der Waals surface area contributed by atoms with E-state index in [0.717, 1.165) is 4.88 Å². The lowest BCUT2D eigenvalue weighted by atomic mass is 10.3. The Kier molecular flexibility index (Phi) is 5.97. The van der Waals surface area contributed by atoms with Gasteiger partial charge in [-0.2, -0.15) is 0 Å². The minimum Gasteiger partial charge on any atom is -0.462 e. The molecule has 0 bridgehead atoms. The number of hydrogen-bond acceptors (Lipinski definition) is 8. The Hall–Kier alpha value is -2.59. The SMILES string of the molecule is CCOC(=O)c1cc(C)sc1NC(=O)CSc1nnc(-c2ccco2)n1C. The van der Waals surface area contributed by atoms with Crippen LogP contribution < -0.4 is 5.32 Å². The molecule has 0 atom stereocenters. The normalized spacial score (nSPS) is 10.8. The highest BCUT2D eigenvalue weighted by Crippen LogP contribution is 2.29. The Morgan fingerprint density at radius 2 is 2.22 bits per heavy atom. The summed E-state index contributed by atoms with van der Waals surface area (Å²) in [7, 11) is 1.81. The van der Waals surface area contributed by atoms with E-state index in [0.29, 0.717) is 27.3 Å². The fraction of sp³-hybridized carbons (Fsp3) is 0.294. The fourth-order valence-electron chi connectivity index (χ4n) is 2.32. The zero-order valence-electron chi connectivity index (χ0n) is 15.0. The van der Waals surface area contributed by atoms with Crippen LogP contribution in [0.15, 0.2) is 34.0 Å². The summed E-state index contributed by atoms with van der Waals surface area (Å²) >= 11 is 2.58. The van der Waals surface area contributed by atoms with E-state index >= 15 is 0 Å². The number of aryl methyl sites for hydroxylation is 1. The molecule has 1 N–H and O–H groups in total. The van der Waals surface area contributed by atoms with Crippen molar-refractivity contribution < 1.29 is 18.7 Å². The van der Waals surface area contributed by atoms with Gasteiger partial charge < -0.3 is 19.0 Å². The molecule has 3 aromatic heterocycles. The van der Waals surface area contributed by atoms with Crippen molar-refractivity contribution in [3.8, 4) is 11.6 Å². The van der Waals surface area contributed by atoms with Crippen LogP contribution in [0.2, 0.25) is 0 Å². The van der Waals surface area contributed by atoms with Crippen molar-refractivity contribution in [1.82, 2.24) is 14.8 Å². The van der Waals surface area contributed by atoms with Gasteiger partial charge in [-0.15, -0.1) is 21.5 Å². The van der Waals surface area contributed by atoms with Crippen molar-refractivity contribution in [2.45, 2.75) is 19.0 Å².